The predicted octanol–water partition coefficient (Wildman–Crippen LogP) is 4.22. The van der Waals surface area contributed by atoms with Gasteiger partial charge < -0.3 is 0 Å². The molecule has 1 rings (SSSR count). The van der Waals surface area contributed by atoms with Crippen molar-refractivity contribution >= 4 is 0 Å². The van der Waals surface area contributed by atoms with Crippen LogP contribution in [0.2, 0.25) is 0 Å². The van der Waals surface area contributed by atoms with Crippen LogP contribution in [0, 0.1) is 0 Å². The highest BCUT2D eigenvalue weighted by Gasteiger charge is 2.36. The van der Waals surface area contributed by atoms with Crippen LogP contribution in [-0.4, -0.2) is 23.5 Å². The van der Waals surface area contributed by atoms with E-state index in [0.29, 0.717) is 5.54 Å². The molecular weight excluding hydrogens is 182 g/mol. The molecule has 0 spiro atoms. The highest BCUT2D eigenvalue weighted by atomic mass is 15.2. The normalized spacial score (nSPS) is 20.6. The number of hydrogen-bond acceptors (Lipinski definition) is 1. The number of rotatable bonds is 8. The molecule has 0 saturated heterocycles. The Morgan fingerprint density at radius 2 is 1.80 bits per heavy atom. The van der Waals surface area contributed by atoms with Crippen LogP contribution in [-0.2, 0) is 0 Å². The molecule has 0 radical (unpaired) electrons. The molecule has 0 aromatic carbocycles. The number of unbranched alkanes of at least 4 members (excludes halogenated alkanes) is 3. The maximum absolute atomic E-state index is 2.65. The number of hydrogen-bond donors (Lipinski definition) is 0. The van der Waals surface area contributed by atoms with Crippen LogP contribution in [0.3, 0.4) is 0 Å². The first-order valence-electron chi connectivity index (χ1n) is 6.87. The number of nitrogens with zero attached hydrogens (tertiary/aromatic N) is 1. The summed E-state index contributed by atoms with van der Waals surface area (Å²) in [6.45, 7) is 7.09. The molecule has 1 aliphatic rings. The Labute approximate surface area is 96.2 Å². The Morgan fingerprint density at radius 1 is 1.13 bits per heavy atom. The molecule has 0 amide bonds. The maximum Gasteiger partial charge on any atom is 0.0178 e. The second kappa shape index (κ2) is 5.89. The van der Waals surface area contributed by atoms with Gasteiger partial charge in [0.05, 0.1) is 0 Å². The van der Waals surface area contributed by atoms with Crippen molar-refractivity contribution < 1.29 is 0 Å². The van der Waals surface area contributed by atoms with Gasteiger partial charge in [0.1, 0.15) is 0 Å². The Balaban J connectivity index is 2.30. The van der Waals surface area contributed by atoms with Crippen LogP contribution in [0.5, 0.6) is 0 Å². The van der Waals surface area contributed by atoms with Gasteiger partial charge in [0.25, 0.3) is 0 Å². The summed E-state index contributed by atoms with van der Waals surface area (Å²) in [5.74, 6) is 0. The van der Waals surface area contributed by atoms with Gasteiger partial charge in [-0.1, -0.05) is 39.5 Å². The molecule has 15 heavy (non-hydrogen) atoms. The molecule has 0 aromatic rings. The first-order valence-corrected chi connectivity index (χ1v) is 6.87. The van der Waals surface area contributed by atoms with Crippen molar-refractivity contribution in [3.8, 4) is 0 Å². The highest BCUT2D eigenvalue weighted by Crippen LogP contribution is 2.35. The Morgan fingerprint density at radius 3 is 2.27 bits per heavy atom. The van der Waals surface area contributed by atoms with Gasteiger partial charge in [-0.05, 0) is 39.7 Å². The fourth-order valence-electron chi connectivity index (χ4n) is 2.44. The standard InChI is InChI=1S/C14H29N/c1-5-7-8-9-12-14(3,6-2)15(4)13-10-11-13/h13H,5-12H2,1-4H3. The van der Waals surface area contributed by atoms with Crippen molar-refractivity contribution in [1.29, 1.82) is 0 Å². The molecule has 0 bridgehead atoms. The maximum atomic E-state index is 2.65. The van der Waals surface area contributed by atoms with E-state index in [0.717, 1.165) is 6.04 Å². The molecule has 0 heterocycles. The lowest BCUT2D eigenvalue weighted by Gasteiger charge is -2.39. The molecule has 0 aromatic heterocycles. The minimum Gasteiger partial charge on any atom is -0.298 e. The summed E-state index contributed by atoms with van der Waals surface area (Å²) >= 11 is 0. The Bertz CT molecular complexity index is 174. The van der Waals surface area contributed by atoms with E-state index in [4.69, 9.17) is 0 Å². The van der Waals surface area contributed by atoms with E-state index >= 15 is 0 Å². The van der Waals surface area contributed by atoms with Crippen molar-refractivity contribution in [2.45, 2.75) is 83.7 Å². The van der Waals surface area contributed by atoms with Crippen LogP contribution in [0.1, 0.15) is 72.1 Å². The van der Waals surface area contributed by atoms with Crippen LogP contribution < -0.4 is 0 Å². The van der Waals surface area contributed by atoms with Gasteiger partial charge >= 0.3 is 0 Å². The van der Waals surface area contributed by atoms with Crippen molar-refractivity contribution in [2.75, 3.05) is 7.05 Å². The third-order valence-electron chi connectivity index (χ3n) is 4.28. The molecule has 0 N–H and O–H groups in total. The zero-order valence-electron chi connectivity index (χ0n) is 11.2. The summed E-state index contributed by atoms with van der Waals surface area (Å²) in [6.07, 6.45) is 11.1. The topological polar surface area (TPSA) is 3.24 Å². The van der Waals surface area contributed by atoms with E-state index in [9.17, 15) is 0 Å². The van der Waals surface area contributed by atoms with Crippen LogP contribution in [0.4, 0.5) is 0 Å². The minimum atomic E-state index is 0.467. The lowest BCUT2D eigenvalue weighted by molar-refractivity contribution is 0.109. The van der Waals surface area contributed by atoms with E-state index in [1.165, 1.54) is 51.4 Å². The van der Waals surface area contributed by atoms with Gasteiger partial charge in [-0.2, -0.15) is 0 Å². The van der Waals surface area contributed by atoms with Gasteiger partial charge in [0, 0.05) is 11.6 Å². The second-order valence-corrected chi connectivity index (χ2v) is 5.50. The molecular formula is C14H29N. The van der Waals surface area contributed by atoms with Crippen LogP contribution >= 0.6 is 0 Å². The van der Waals surface area contributed by atoms with Gasteiger partial charge in [-0.25, -0.2) is 0 Å². The average molecular weight is 211 g/mol. The van der Waals surface area contributed by atoms with Crippen LogP contribution in [0.25, 0.3) is 0 Å². The summed E-state index contributed by atoms with van der Waals surface area (Å²) in [7, 11) is 2.33. The Hall–Kier alpha value is -0.0400. The summed E-state index contributed by atoms with van der Waals surface area (Å²) < 4.78 is 0. The zero-order chi connectivity index (χ0) is 11.3. The third kappa shape index (κ3) is 3.79. The fraction of sp³-hybridized carbons (Fsp3) is 1.00. The molecule has 1 nitrogen and oxygen atoms in total. The SMILES string of the molecule is CCCCCCC(C)(CC)N(C)C1CC1. The van der Waals surface area contributed by atoms with Crippen molar-refractivity contribution in [3.05, 3.63) is 0 Å². The lowest BCUT2D eigenvalue weighted by atomic mass is 9.89. The van der Waals surface area contributed by atoms with Crippen LogP contribution in [0.15, 0.2) is 0 Å². The first kappa shape index (κ1) is 13.0. The predicted molar refractivity (Wildman–Crippen MR) is 68.2 cm³/mol. The van der Waals surface area contributed by atoms with Gasteiger partial charge in [0.2, 0.25) is 0 Å². The average Bonchev–Trinajstić information content (AvgIpc) is 3.06. The van der Waals surface area contributed by atoms with E-state index in [1.54, 1.807) is 0 Å². The summed E-state index contributed by atoms with van der Waals surface area (Å²) in [5.41, 5.74) is 0.467. The largest absolute Gasteiger partial charge is 0.298 e. The third-order valence-corrected chi connectivity index (χ3v) is 4.28. The second-order valence-electron chi connectivity index (χ2n) is 5.50. The molecule has 1 saturated carbocycles. The van der Waals surface area contributed by atoms with Gasteiger partial charge in [-0.15, -0.1) is 0 Å². The van der Waals surface area contributed by atoms with Gasteiger partial charge in [0.15, 0.2) is 0 Å². The monoisotopic (exact) mass is 211 g/mol. The smallest absolute Gasteiger partial charge is 0.0178 e. The molecule has 1 aliphatic carbocycles. The van der Waals surface area contributed by atoms with Crippen molar-refractivity contribution in [1.82, 2.24) is 4.90 Å². The Kier molecular flexibility index (Phi) is 5.11. The molecule has 90 valence electrons. The fourth-order valence-corrected chi connectivity index (χ4v) is 2.44. The lowest BCUT2D eigenvalue weighted by Crippen LogP contribution is -2.44. The summed E-state index contributed by atoms with van der Waals surface area (Å²) in [5, 5.41) is 0. The molecule has 1 atom stereocenters. The van der Waals surface area contributed by atoms with Crippen molar-refractivity contribution in [3.63, 3.8) is 0 Å². The molecule has 1 heteroatoms. The van der Waals surface area contributed by atoms with E-state index < -0.39 is 0 Å². The van der Waals surface area contributed by atoms with Crippen molar-refractivity contribution in [2.24, 2.45) is 0 Å². The summed E-state index contributed by atoms with van der Waals surface area (Å²) in [4.78, 5) is 2.65. The molecule has 1 fully saturated rings. The minimum absolute atomic E-state index is 0.467. The van der Waals surface area contributed by atoms with E-state index in [-0.39, 0.29) is 0 Å². The first-order chi connectivity index (χ1) is 7.14. The molecule has 0 aliphatic heterocycles. The highest BCUT2D eigenvalue weighted by molar-refractivity contribution is 4.93. The quantitative estimate of drug-likeness (QED) is 0.543. The van der Waals surface area contributed by atoms with Gasteiger partial charge in [-0.3, -0.25) is 4.90 Å². The summed E-state index contributed by atoms with van der Waals surface area (Å²) in [6, 6.07) is 0.904. The molecule has 1 unspecified atom stereocenters. The van der Waals surface area contributed by atoms with E-state index in [2.05, 4.69) is 32.7 Å². The zero-order valence-corrected chi connectivity index (χ0v) is 11.2. The van der Waals surface area contributed by atoms with E-state index in [1.807, 2.05) is 0 Å².